The van der Waals surface area contributed by atoms with Gasteiger partial charge in [0.1, 0.15) is 0 Å². The number of hydrogen-bond donors (Lipinski definition) is 3. The van der Waals surface area contributed by atoms with E-state index in [0.29, 0.717) is 19.4 Å². The molecule has 2 unspecified atom stereocenters. The van der Waals surface area contributed by atoms with E-state index >= 15 is 0 Å². The van der Waals surface area contributed by atoms with E-state index in [-0.39, 0.29) is 18.5 Å². The second kappa shape index (κ2) is 51.2. The van der Waals surface area contributed by atoms with Crippen LogP contribution in [-0.4, -0.2) is 47.4 Å². The van der Waals surface area contributed by atoms with Crippen molar-refractivity contribution in [3.8, 4) is 0 Å². The lowest BCUT2D eigenvalue weighted by molar-refractivity contribution is -0.143. The molecule has 0 aromatic heterocycles. The fraction of sp³-hybridized carbons (Fsp3) is 0.927. The largest absolute Gasteiger partial charge is 0.466 e. The van der Waals surface area contributed by atoms with Gasteiger partial charge >= 0.3 is 5.97 Å². The molecule has 0 aromatic carbocycles. The average Bonchev–Trinajstić information content (AvgIpc) is 3.26. The van der Waals surface area contributed by atoms with Crippen molar-refractivity contribution in [2.75, 3.05) is 13.2 Å². The SMILES string of the molecule is CCCCCCCCCC/C=C/C(O)C(CO)NC(=O)CCCCCCCCCCCCCCCCCCCCCCCCCOC(=O)CCCCCCCCCCCCC. The Balaban J connectivity index is 3.36. The van der Waals surface area contributed by atoms with Gasteiger partial charge in [0.15, 0.2) is 0 Å². The van der Waals surface area contributed by atoms with Gasteiger partial charge in [0.25, 0.3) is 0 Å². The standard InChI is InChI=1S/C55H107NO5/c1-3-5-7-9-11-13-28-33-37-41-45-49-55(60)61-50-46-42-38-34-30-27-25-23-21-19-17-15-16-18-20-22-24-26-29-32-36-40-44-48-54(59)56-52(51-57)53(58)47-43-39-35-31-14-12-10-8-6-4-2/h43,47,52-53,57-58H,3-42,44-46,48-51H2,1-2H3,(H,56,59)/b47-43+. The predicted molar refractivity (Wildman–Crippen MR) is 264 cm³/mol. The van der Waals surface area contributed by atoms with Crippen LogP contribution in [-0.2, 0) is 14.3 Å². The van der Waals surface area contributed by atoms with E-state index in [1.165, 1.54) is 238 Å². The molecule has 0 radical (unpaired) electrons. The molecule has 3 N–H and O–H groups in total. The highest BCUT2D eigenvalue weighted by atomic mass is 16.5. The monoisotopic (exact) mass is 862 g/mol. The summed E-state index contributed by atoms with van der Waals surface area (Å²) in [4.78, 5) is 24.4. The zero-order valence-electron chi connectivity index (χ0n) is 41.2. The Morgan fingerprint density at radius 3 is 1.11 bits per heavy atom. The molecule has 0 aromatic rings. The summed E-state index contributed by atoms with van der Waals surface area (Å²) in [5, 5.41) is 23.0. The quantitative estimate of drug-likeness (QED) is 0.0322. The van der Waals surface area contributed by atoms with Crippen molar-refractivity contribution in [3.63, 3.8) is 0 Å². The van der Waals surface area contributed by atoms with Gasteiger partial charge in [-0.25, -0.2) is 0 Å². The molecule has 0 aliphatic heterocycles. The van der Waals surface area contributed by atoms with Crippen molar-refractivity contribution in [1.29, 1.82) is 0 Å². The van der Waals surface area contributed by atoms with Crippen LogP contribution >= 0.6 is 0 Å². The van der Waals surface area contributed by atoms with Crippen molar-refractivity contribution in [2.24, 2.45) is 0 Å². The minimum Gasteiger partial charge on any atom is -0.466 e. The molecule has 1 amide bonds. The molecule has 0 aliphatic carbocycles. The van der Waals surface area contributed by atoms with Crippen LogP contribution in [0, 0.1) is 0 Å². The Morgan fingerprint density at radius 2 is 0.754 bits per heavy atom. The van der Waals surface area contributed by atoms with Gasteiger partial charge in [0, 0.05) is 12.8 Å². The van der Waals surface area contributed by atoms with E-state index in [0.717, 1.165) is 38.5 Å². The summed E-state index contributed by atoms with van der Waals surface area (Å²) < 4.78 is 5.46. The van der Waals surface area contributed by atoms with E-state index in [4.69, 9.17) is 4.74 Å². The first-order valence-corrected chi connectivity index (χ1v) is 27.5. The molecule has 0 aliphatic rings. The molecule has 362 valence electrons. The fourth-order valence-electron chi connectivity index (χ4n) is 8.58. The van der Waals surface area contributed by atoms with E-state index in [1.54, 1.807) is 6.08 Å². The summed E-state index contributed by atoms with van der Waals surface area (Å²) in [6, 6.07) is -0.624. The lowest BCUT2D eigenvalue weighted by Crippen LogP contribution is -2.45. The molecule has 61 heavy (non-hydrogen) atoms. The molecular formula is C55H107NO5. The van der Waals surface area contributed by atoms with Crippen LogP contribution < -0.4 is 5.32 Å². The normalized spacial score (nSPS) is 12.7. The first kappa shape index (κ1) is 59.6. The lowest BCUT2D eigenvalue weighted by Gasteiger charge is -2.20. The van der Waals surface area contributed by atoms with Crippen LogP contribution in [0.15, 0.2) is 12.2 Å². The Bertz CT molecular complexity index is 909. The maximum absolute atomic E-state index is 12.4. The summed E-state index contributed by atoms with van der Waals surface area (Å²) in [6.07, 6.45) is 59.5. The Hall–Kier alpha value is -1.40. The molecule has 0 spiro atoms. The molecule has 0 bridgehead atoms. The number of carbonyl (C=O) groups is 2. The Labute approximate surface area is 380 Å². The maximum Gasteiger partial charge on any atom is 0.305 e. The number of carbonyl (C=O) groups excluding carboxylic acids is 2. The van der Waals surface area contributed by atoms with Gasteiger partial charge < -0.3 is 20.3 Å². The Kier molecular flexibility index (Phi) is 50.1. The number of allylic oxidation sites excluding steroid dienone is 1. The number of hydrogen-bond acceptors (Lipinski definition) is 5. The third-order valence-corrected chi connectivity index (χ3v) is 12.8. The highest BCUT2D eigenvalue weighted by Gasteiger charge is 2.18. The second-order valence-corrected chi connectivity index (χ2v) is 18.9. The van der Waals surface area contributed by atoms with Gasteiger partial charge in [0.05, 0.1) is 25.4 Å². The summed E-state index contributed by atoms with van der Waals surface area (Å²) >= 11 is 0. The number of ether oxygens (including phenoxy) is 1. The molecule has 0 saturated carbocycles. The number of aliphatic hydroxyl groups excluding tert-OH is 2. The summed E-state index contributed by atoms with van der Waals surface area (Å²) in [7, 11) is 0. The highest BCUT2D eigenvalue weighted by Crippen LogP contribution is 2.17. The van der Waals surface area contributed by atoms with E-state index in [1.807, 2.05) is 6.08 Å². The van der Waals surface area contributed by atoms with Crippen LogP contribution in [0.3, 0.4) is 0 Å². The third-order valence-electron chi connectivity index (χ3n) is 12.8. The topological polar surface area (TPSA) is 95.9 Å². The van der Waals surface area contributed by atoms with Gasteiger partial charge in [0.2, 0.25) is 5.91 Å². The molecule has 0 fully saturated rings. The minimum atomic E-state index is -0.841. The number of amides is 1. The number of rotatable bonds is 51. The van der Waals surface area contributed by atoms with Gasteiger partial charge in [-0.1, -0.05) is 270 Å². The summed E-state index contributed by atoms with van der Waals surface area (Å²) in [5.41, 5.74) is 0. The zero-order valence-corrected chi connectivity index (χ0v) is 41.2. The van der Waals surface area contributed by atoms with Crippen LogP contribution in [0.4, 0.5) is 0 Å². The average molecular weight is 862 g/mol. The van der Waals surface area contributed by atoms with Crippen LogP contribution in [0.25, 0.3) is 0 Å². The molecular weight excluding hydrogens is 755 g/mol. The number of esters is 1. The summed E-state index contributed by atoms with van der Waals surface area (Å²) in [5.74, 6) is -0.0550. The molecule has 2 atom stereocenters. The molecule has 0 saturated heterocycles. The lowest BCUT2D eigenvalue weighted by atomic mass is 10.0. The molecule has 0 heterocycles. The number of unbranched alkanes of at least 4 members (excludes halogenated alkanes) is 40. The minimum absolute atomic E-state index is 0.0135. The number of aliphatic hydroxyl groups is 2. The van der Waals surface area contributed by atoms with Gasteiger partial charge in [-0.15, -0.1) is 0 Å². The summed E-state index contributed by atoms with van der Waals surface area (Å²) in [6.45, 7) is 4.89. The van der Waals surface area contributed by atoms with Gasteiger partial charge in [-0.05, 0) is 32.1 Å². The molecule has 0 rings (SSSR count). The van der Waals surface area contributed by atoms with Crippen LogP contribution in [0.1, 0.15) is 303 Å². The van der Waals surface area contributed by atoms with Crippen molar-refractivity contribution < 1.29 is 24.5 Å². The number of nitrogens with one attached hydrogen (secondary N) is 1. The second-order valence-electron chi connectivity index (χ2n) is 18.9. The highest BCUT2D eigenvalue weighted by molar-refractivity contribution is 5.76. The van der Waals surface area contributed by atoms with Crippen LogP contribution in [0.5, 0.6) is 0 Å². The molecule has 6 nitrogen and oxygen atoms in total. The fourth-order valence-corrected chi connectivity index (χ4v) is 8.58. The van der Waals surface area contributed by atoms with Crippen molar-refractivity contribution in [1.82, 2.24) is 5.32 Å². The van der Waals surface area contributed by atoms with Crippen molar-refractivity contribution in [3.05, 3.63) is 12.2 Å². The maximum atomic E-state index is 12.4. The predicted octanol–water partition coefficient (Wildman–Crippen LogP) is 16.5. The molecule has 6 heteroatoms. The van der Waals surface area contributed by atoms with Gasteiger partial charge in [-0.3, -0.25) is 9.59 Å². The first-order chi connectivity index (χ1) is 30.0. The zero-order chi connectivity index (χ0) is 44.4. The smallest absolute Gasteiger partial charge is 0.305 e. The van der Waals surface area contributed by atoms with Crippen molar-refractivity contribution in [2.45, 2.75) is 315 Å². The third kappa shape index (κ3) is 47.9. The Morgan fingerprint density at radius 1 is 0.443 bits per heavy atom. The van der Waals surface area contributed by atoms with E-state index in [9.17, 15) is 19.8 Å². The van der Waals surface area contributed by atoms with E-state index in [2.05, 4.69) is 19.2 Å². The van der Waals surface area contributed by atoms with Crippen LogP contribution in [0.2, 0.25) is 0 Å². The van der Waals surface area contributed by atoms with Gasteiger partial charge in [-0.2, -0.15) is 0 Å². The first-order valence-electron chi connectivity index (χ1n) is 27.5. The van der Waals surface area contributed by atoms with E-state index < -0.39 is 12.1 Å². The van der Waals surface area contributed by atoms with Crippen molar-refractivity contribution >= 4 is 11.9 Å².